The molecular weight excluding hydrogens is 696 g/mol. The number of hydrogen-bond acceptors (Lipinski definition) is 7. The lowest BCUT2D eigenvalue weighted by molar-refractivity contribution is -0.173. The van der Waals surface area contributed by atoms with E-state index < -0.39 is 95.0 Å². The van der Waals surface area contributed by atoms with E-state index in [1.807, 2.05) is 0 Å². The van der Waals surface area contributed by atoms with Gasteiger partial charge in [0.1, 0.15) is 29.3 Å². The number of methoxy groups -OCH3 is 1. The molecule has 51 heavy (non-hydrogen) atoms. The Balaban J connectivity index is 1.50. The second-order valence-corrected chi connectivity index (χ2v) is 12.0. The van der Waals surface area contributed by atoms with Crippen LogP contribution in [-0.4, -0.2) is 66.1 Å². The number of amides is 1. The van der Waals surface area contributed by atoms with Gasteiger partial charge >= 0.3 is 18.3 Å². The van der Waals surface area contributed by atoms with Gasteiger partial charge in [0.15, 0.2) is 0 Å². The molecule has 3 atom stereocenters. The van der Waals surface area contributed by atoms with Gasteiger partial charge in [-0.15, -0.1) is 0 Å². The third kappa shape index (κ3) is 7.38. The maximum Gasteiger partial charge on any atom is 0.417 e. The van der Waals surface area contributed by atoms with Crippen LogP contribution < -0.4 is 15.8 Å². The fourth-order valence-corrected chi connectivity index (χ4v) is 6.00. The maximum absolute atomic E-state index is 15.3. The molecular formula is C34H30F8N4O5. The highest BCUT2D eigenvalue weighted by molar-refractivity contribution is 5.99. The molecule has 1 aliphatic rings. The van der Waals surface area contributed by atoms with Crippen molar-refractivity contribution in [3.8, 4) is 11.1 Å². The van der Waals surface area contributed by atoms with Crippen molar-refractivity contribution in [2.75, 3.05) is 25.2 Å². The number of fused-ring (bicyclic) bond motifs is 1. The molecule has 3 heterocycles. The van der Waals surface area contributed by atoms with Gasteiger partial charge in [0.05, 0.1) is 36.5 Å². The van der Waals surface area contributed by atoms with Gasteiger partial charge in [-0.1, -0.05) is 18.2 Å². The molecule has 2 aromatic carbocycles. The second kappa shape index (κ2) is 13.9. The monoisotopic (exact) mass is 726 g/mol. The molecule has 0 saturated carbocycles. The van der Waals surface area contributed by atoms with Crippen LogP contribution in [0.5, 0.6) is 0 Å². The molecule has 1 N–H and O–H groups in total. The SMILES string of the molecule is COC(=O)[C@H](Cc1ccc(-c2c(C(F)(F)F)cc(C)n(C)c2=O)c2ncccc12)NC(=O)c1c(F)cc(N2CC(C)OCC2C(F)(F)F)cc1F. The van der Waals surface area contributed by atoms with Gasteiger partial charge in [0, 0.05) is 48.5 Å². The number of alkyl halides is 6. The molecule has 0 bridgehead atoms. The quantitative estimate of drug-likeness (QED) is 0.188. The van der Waals surface area contributed by atoms with E-state index in [1.165, 1.54) is 51.4 Å². The first-order valence-electron chi connectivity index (χ1n) is 15.3. The minimum absolute atomic E-state index is 0.0429. The highest BCUT2D eigenvalue weighted by atomic mass is 19.4. The number of carbonyl (C=O) groups excluding carboxylic acids is 2. The number of aryl methyl sites for hydroxylation is 1. The Hall–Kier alpha value is -5.06. The number of pyridine rings is 2. The fraction of sp³-hybridized carbons (Fsp3) is 0.353. The van der Waals surface area contributed by atoms with Gasteiger partial charge in [-0.25, -0.2) is 13.6 Å². The number of halogens is 8. The molecule has 17 heteroatoms. The number of anilines is 1. The van der Waals surface area contributed by atoms with Gasteiger partial charge in [0.2, 0.25) is 0 Å². The summed E-state index contributed by atoms with van der Waals surface area (Å²) < 4.78 is 125. The molecule has 272 valence electrons. The number of nitrogens with zero attached hydrogens (tertiary/aromatic N) is 3. The average molecular weight is 727 g/mol. The Kier molecular flexibility index (Phi) is 10.2. The van der Waals surface area contributed by atoms with Crippen molar-refractivity contribution in [3.63, 3.8) is 0 Å². The molecule has 5 rings (SSSR count). The van der Waals surface area contributed by atoms with E-state index in [9.17, 15) is 40.7 Å². The van der Waals surface area contributed by atoms with E-state index in [4.69, 9.17) is 9.47 Å². The zero-order valence-electron chi connectivity index (χ0n) is 27.4. The van der Waals surface area contributed by atoms with Crippen molar-refractivity contribution in [1.29, 1.82) is 0 Å². The first-order valence-corrected chi connectivity index (χ1v) is 15.3. The number of hydrogen-bond donors (Lipinski definition) is 1. The lowest BCUT2D eigenvalue weighted by Crippen LogP contribution is -2.56. The lowest BCUT2D eigenvalue weighted by atomic mass is 9.93. The highest BCUT2D eigenvalue weighted by Crippen LogP contribution is 2.39. The van der Waals surface area contributed by atoms with E-state index in [2.05, 4.69) is 10.3 Å². The van der Waals surface area contributed by atoms with E-state index in [-0.39, 0.29) is 34.3 Å². The topological polar surface area (TPSA) is 103 Å². The highest BCUT2D eigenvalue weighted by Gasteiger charge is 2.47. The van der Waals surface area contributed by atoms with Crippen molar-refractivity contribution < 1.29 is 54.2 Å². The Morgan fingerprint density at radius 2 is 1.75 bits per heavy atom. The van der Waals surface area contributed by atoms with Gasteiger partial charge in [-0.2, -0.15) is 26.3 Å². The van der Waals surface area contributed by atoms with Crippen LogP contribution in [-0.2, 0) is 33.9 Å². The minimum atomic E-state index is -4.91. The van der Waals surface area contributed by atoms with Gasteiger partial charge in [-0.3, -0.25) is 14.6 Å². The average Bonchev–Trinajstić information content (AvgIpc) is 3.05. The van der Waals surface area contributed by atoms with Crippen LogP contribution in [0, 0.1) is 18.6 Å². The normalized spacial score (nSPS) is 17.4. The summed E-state index contributed by atoms with van der Waals surface area (Å²) in [5.41, 5.74) is -4.37. The molecule has 2 unspecified atom stereocenters. The zero-order chi connectivity index (χ0) is 37.6. The number of ether oxygens (including phenoxy) is 2. The molecule has 1 aliphatic heterocycles. The van der Waals surface area contributed by atoms with E-state index in [0.717, 1.165) is 22.6 Å². The van der Waals surface area contributed by atoms with E-state index in [1.54, 1.807) is 0 Å². The largest absolute Gasteiger partial charge is 0.467 e. The molecule has 4 aromatic rings. The minimum Gasteiger partial charge on any atom is -0.467 e. The molecule has 1 fully saturated rings. The summed E-state index contributed by atoms with van der Waals surface area (Å²) in [7, 11) is 2.29. The smallest absolute Gasteiger partial charge is 0.417 e. The molecule has 1 amide bonds. The van der Waals surface area contributed by atoms with E-state index in [0.29, 0.717) is 12.1 Å². The third-order valence-corrected chi connectivity index (χ3v) is 8.65. The number of benzene rings is 2. The number of nitrogens with one attached hydrogen (secondary N) is 1. The summed E-state index contributed by atoms with van der Waals surface area (Å²) in [4.78, 5) is 44.2. The maximum atomic E-state index is 15.3. The molecule has 1 saturated heterocycles. The molecule has 0 radical (unpaired) electrons. The van der Waals surface area contributed by atoms with Crippen LogP contribution in [0.3, 0.4) is 0 Å². The van der Waals surface area contributed by atoms with Crippen LogP contribution in [0.15, 0.2) is 53.5 Å². The summed E-state index contributed by atoms with van der Waals surface area (Å²) in [5.74, 6) is -5.52. The summed E-state index contributed by atoms with van der Waals surface area (Å²) in [6.45, 7) is 1.70. The van der Waals surface area contributed by atoms with Crippen LogP contribution in [0.2, 0.25) is 0 Å². The Labute approximate surface area is 284 Å². The standard InChI is InChI=1S/C34H30F8N4O5/c1-16-10-22(33(37,38)39)27(31(48)45(16)3)21-8-7-18(20-6-5-9-43-29(20)21)11-25(32(49)50-4)44-30(47)28-23(35)12-19(13-24(28)36)46-14-17(2)51-15-26(46)34(40,41)42/h5-10,12-13,17,25-26H,11,14-15H2,1-4H3,(H,44,47)/t17?,25-,26?/m0/s1. The Morgan fingerprint density at radius 3 is 2.35 bits per heavy atom. The number of rotatable bonds is 7. The lowest BCUT2D eigenvalue weighted by Gasteiger charge is -2.41. The van der Waals surface area contributed by atoms with Crippen molar-refractivity contribution in [1.82, 2.24) is 14.9 Å². The number of morpholine rings is 1. The van der Waals surface area contributed by atoms with Gasteiger partial charge < -0.3 is 24.3 Å². The first-order chi connectivity index (χ1) is 23.8. The number of aromatic nitrogens is 2. The fourth-order valence-electron chi connectivity index (χ4n) is 6.00. The summed E-state index contributed by atoms with van der Waals surface area (Å²) in [6.07, 6.45) is -9.54. The van der Waals surface area contributed by atoms with Crippen molar-refractivity contribution in [2.45, 2.75) is 50.8 Å². The predicted octanol–water partition coefficient (Wildman–Crippen LogP) is 5.88. The number of esters is 1. The third-order valence-electron chi connectivity index (χ3n) is 8.65. The second-order valence-electron chi connectivity index (χ2n) is 12.0. The molecule has 0 spiro atoms. The van der Waals surface area contributed by atoms with Gasteiger partial charge in [-0.05, 0) is 43.7 Å². The van der Waals surface area contributed by atoms with E-state index >= 15 is 8.78 Å². The van der Waals surface area contributed by atoms with Crippen molar-refractivity contribution >= 4 is 28.5 Å². The molecule has 9 nitrogen and oxygen atoms in total. The summed E-state index contributed by atoms with van der Waals surface area (Å²) >= 11 is 0. The summed E-state index contributed by atoms with van der Waals surface area (Å²) in [6, 6.07) is 3.59. The van der Waals surface area contributed by atoms with Crippen LogP contribution >= 0.6 is 0 Å². The Morgan fingerprint density at radius 1 is 1.08 bits per heavy atom. The van der Waals surface area contributed by atoms with Crippen molar-refractivity contribution in [2.24, 2.45) is 7.05 Å². The Bertz CT molecular complexity index is 2040. The first kappa shape index (κ1) is 37.2. The predicted molar refractivity (Wildman–Crippen MR) is 168 cm³/mol. The molecule has 2 aromatic heterocycles. The zero-order valence-corrected chi connectivity index (χ0v) is 27.4. The van der Waals surface area contributed by atoms with Gasteiger partial charge in [0.25, 0.3) is 11.5 Å². The van der Waals surface area contributed by atoms with Crippen LogP contribution in [0.1, 0.15) is 34.1 Å². The van der Waals surface area contributed by atoms with Crippen molar-refractivity contribution in [3.05, 3.63) is 93.0 Å². The van der Waals surface area contributed by atoms with Crippen LogP contribution in [0.4, 0.5) is 40.8 Å². The number of carbonyl (C=O) groups is 2. The summed E-state index contributed by atoms with van der Waals surface area (Å²) in [5, 5.41) is 2.38. The van der Waals surface area contributed by atoms with Crippen LogP contribution in [0.25, 0.3) is 22.0 Å². The molecule has 0 aliphatic carbocycles.